The number of ketones is 1. The summed E-state index contributed by atoms with van der Waals surface area (Å²) in [5.41, 5.74) is 0. The van der Waals surface area contributed by atoms with Crippen LogP contribution in [0, 0.1) is 17.8 Å². The molecule has 0 aromatic heterocycles. The second-order valence-electron chi connectivity index (χ2n) is 5.76. The fourth-order valence-corrected chi connectivity index (χ4v) is 3.32. The van der Waals surface area contributed by atoms with E-state index in [-0.39, 0.29) is 18.3 Å². The van der Waals surface area contributed by atoms with Crippen LogP contribution in [-0.2, 0) is 4.79 Å². The molecule has 1 heteroatoms. The van der Waals surface area contributed by atoms with E-state index < -0.39 is 18.5 Å². The van der Waals surface area contributed by atoms with Crippen molar-refractivity contribution in [2.45, 2.75) is 77.5 Å². The maximum Gasteiger partial charge on any atom is 0.132 e. The molecular weight excluding hydrogens is 208 g/mol. The minimum absolute atomic E-state index is 0.201. The van der Waals surface area contributed by atoms with Crippen molar-refractivity contribution in [1.82, 2.24) is 0 Å². The number of carbonyl (C=O) groups excluding carboxylic acids is 1. The van der Waals surface area contributed by atoms with E-state index in [0.29, 0.717) is 6.42 Å². The summed E-state index contributed by atoms with van der Waals surface area (Å²) in [4.78, 5) is 11.7. The molecular formula is C16H28O. The van der Waals surface area contributed by atoms with Crippen molar-refractivity contribution >= 4 is 5.78 Å². The van der Waals surface area contributed by atoms with Gasteiger partial charge in [0.05, 0.1) is 0 Å². The summed E-state index contributed by atoms with van der Waals surface area (Å²) in [7, 11) is 0. The van der Waals surface area contributed by atoms with Gasteiger partial charge in [-0.3, -0.25) is 4.79 Å². The molecule has 1 atom stereocenters. The highest BCUT2D eigenvalue weighted by Gasteiger charge is 2.29. The minimum Gasteiger partial charge on any atom is -0.300 e. The molecule has 1 unspecified atom stereocenters. The van der Waals surface area contributed by atoms with E-state index in [1.165, 1.54) is 19.3 Å². The van der Waals surface area contributed by atoms with E-state index in [4.69, 9.17) is 5.48 Å². The first-order chi connectivity index (χ1) is 9.80. The molecule has 2 rings (SSSR count). The number of Topliss-reactive ketones (excluding diaryl/α,β-unsaturated/α-hetero) is 1. The lowest BCUT2D eigenvalue weighted by Gasteiger charge is -2.35. The average Bonchev–Trinajstić information content (AvgIpc) is 2.44. The summed E-state index contributed by atoms with van der Waals surface area (Å²) in [6.45, 7) is 2.21. The first-order valence-electron chi connectivity index (χ1n) is 9.34. The van der Waals surface area contributed by atoms with E-state index >= 15 is 0 Å². The van der Waals surface area contributed by atoms with E-state index in [2.05, 4.69) is 6.92 Å². The molecule has 0 aromatic carbocycles. The van der Waals surface area contributed by atoms with Gasteiger partial charge in [0.2, 0.25) is 0 Å². The number of unbranched alkanes of at least 4 members (excludes halogenated alkanes) is 1. The summed E-state index contributed by atoms with van der Waals surface area (Å²) in [6.07, 6.45) is 4.49. The zero-order valence-corrected chi connectivity index (χ0v) is 11.0. The monoisotopic (exact) mass is 240 g/mol. The predicted molar refractivity (Wildman–Crippen MR) is 71.9 cm³/mol. The maximum atomic E-state index is 11.7. The van der Waals surface area contributed by atoms with Gasteiger partial charge >= 0.3 is 0 Å². The Kier molecular flexibility index (Phi) is 3.36. The highest BCUT2D eigenvalue weighted by molar-refractivity contribution is 5.79. The zero-order valence-electron chi connectivity index (χ0n) is 15.0. The van der Waals surface area contributed by atoms with Crippen LogP contribution in [0.2, 0.25) is 0 Å². The standard InChI is InChI=1S/C16H28O/c1-2-3-4-13-5-7-14(8-6-13)15-9-11-16(17)12-10-15/h13-15H,2-12H2,1H3/i9D2,11D2. The van der Waals surface area contributed by atoms with Crippen molar-refractivity contribution < 1.29 is 10.3 Å². The lowest BCUT2D eigenvalue weighted by molar-refractivity contribution is -0.121. The Labute approximate surface area is 112 Å². The first kappa shape index (κ1) is 8.72. The van der Waals surface area contributed by atoms with Gasteiger partial charge in [0.25, 0.3) is 0 Å². The van der Waals surface area contributed by atoms with Gasteiger partial charge in [0.15, 0.2) is 0 Å². The van der Waals surface area contributed by atoms with Crippen LogP contribution in [0.4, 0.5) is 0 Å². The van der Waals surface area contributed by atoms with Gasteiger partial charge in [-0.15, -0.1) is 0 Å². The van der Waals surface area contributed by atoms with Crippen LogP contribution < -0.4 is 0 Å². The SMILES string of the molecule is [2H]C1([2H])C(=O)CCC(C2CCC(CCCC)CC2)C1([2H])[2H]. The molecule has 1 nitrogen and oxygen atoms in total. The topological polar surface area (TPSA) is 17.1 Å². The predicted octanol–water partition coefficient (Wildman–Crippen LogP) is 4.74. The fraction of sp³-hybridized carbons (Fsp3) is 0.938. The highest BCUT2D eigenvalue weighted by atomic mass is 16.1. The first-order valence-corrected chi connectivity index (χ1v) is 7.34. The molecule has 2 saturated carbocycles. The summed E-state index contributed by atoms with van der Waals surface area (Å²) < 4.78 is 32.1. The van der Waals surface area contributed by atoms with Crippen LogP contribution in [0.3, 0.4) is 0 Å². The Balaban J connectivity index is 1.98. The van der Waals surface area contributed by atoms with E-state index in [9.17, 15) is 4.79 Å². The zero-order chi connectivity index (χ0) is 15.7. The number of hydrogen-bond acceptors (Lipinski definition) is 1. The molecule has 0 heterocycles. The fourth-order valence-electron chi connectivity index (χ4n) is 3.32. The molecule has 0 saturated heterocycles. The Bertz CT molecular complexity index is 372. The maximum absolute atomic E-state index is 11.7. The lowest BCUT2D eigenvalue weighted by Crippen LogP contribution is -2.25. The summed E-state index contributed by atoms with van der Waals surface area (Å²) in [5, 5.41) is 0. The molecule has 0 aromatic rings. The summed E-state index contributed by atoms with van der Waals surface area (Å²) in [5.74, 6) is 0.174. The van der Waals surface area contributed by atoms with Crippen molar-refractivity contribution in [3.8, 4) is 0 Å². The molecule has 2 fully saturated rings. The van der Waals surface area contributed by atoms with E-state index in [1.807, 2.05) is 0 Å². The third-order valence-corrected chi connectivity index (χ3v) is 4.51. The van der Waals surface area contributed by atoms with Gasteiger partial charge < -0.3 is 0 Å². The molecule has 0 bridgehead atoms. The van der Waals surface area contributed by atoms with E-state index in [0.717, 1.165) is 31.6 Å². The summed E-state index contributed by atoms with van der Waals surface area (Å²) in [6, 6.07) is 0. The molecule has 2 aliphatic rings. The lowest BCUT2D eigenvalue weighted by atomic mass is 9.70. The molecule has 0 amide bonds. The summed E-state index contributed by atoms with van der Waals surface area (Å²) >= 11 is 0. The van der Waals surface area contributed by atoms with Crippen molar-refractivity contribution in [1.29, 1.82) is 0 Å². The van der Waals surface area contributed by atoms with Gasteiger partial charge in [-0.05, 0) is 43.4 Å². The van der Waals surface area contributed by atoms with Gasteiger partial charge in [-0.2, -0.15) is 0 Å². The van der Waals surface area contributed by atoms with Crippen LogP contribution in [0.1, 0.15) is 82.9 Å². The van der Waals surface area contributed by atoms with Crippen LogP contribution >= 0.6 is 0 Å². The number of rotatable bonds is 4. The van der Waals surface area contributed by atoms with Crippen molar-refractivity contribution in [2.75, 3.05) is 0 Å². The highest BCUT2D eigenvalue weighted by Crippen LogP contribution is 2.40. The molecule has 0 aliphatic heterocycles. The smallest absolute Gasteiger partial charge is 0.132 e. The molecule has 17 heavy (non-hydrogen) atoms. The van der Waals surface area contributed by atoms with Crippen LogP contribution in [0.25, 0.3) is 0 Å². The number of carbonyl (C=O) groups is 1. The Morgan fingerprint density at radius 1 is 1.18 bits per heavy atom. The average molecular weight is 240 g/mol. The number of hydrogen-bond donors (Lipinski definition) is 0. The quantitative estimate of drug-likeness (QED) is 0.693. The van der Waals surface area contributed by atoms with Gasteiger partial charge in [0, 0.05) is 18.3 Å². The van der Waals surface area contributed by atoms with E-state index in [1.54, 1.807) is 0 Å². The third kappa shape index (κ3) is 3.82. The second kappa shape index (κ2) is 6.56. The van der Waals surface area contributed by atoms with Crippen molar-refractivity contribution in [3.05, 3.63) is 0 Å². The molecule has 0 N–H and O–H groups in total. The van der Waals surface area contributed by atoms with Crippen LogP contribution in [0.5, 0.6) is 0 Å². The normalized spacial score (nSPS) is 44.3. The largest absolute Gasteiger partial charge is 0.300 e. The Hall–Kier alpha value is -0.330. The Morgan fingerprint density at radius 2 is 1.94 bits per heavy atom. The van der Waals surface area contributed by atoms with Gasteiger partial charge in [-0.1, -0.05) is 39.0 Å². The molecule has 98 valence electrons. The molecule has 0 spiro atoms. The Morgan fingerprint density at radius 3 is 2.65 bits per heavy atom. The molecule has 2 aliphatic carbocycles. The minimum atomic E-state index is -2.31. The third-order valence-electron chi connectivity index (χ3n) is 4.51. The van der Waals surface area contributed by atoms with Crippen LogP contribution in [-0.4, -0.2) is 5.78 Å². The van der Waals surface area contributed by atoms with Crippen molar-refractivity contribution in [2.24, 2.45) is 17.8 Å². The van der Waals surface area contributed by atoms with Gasteiger partial charge in [0.1, 0.15) is 5.78 Å². The van der Waals surface area contributed by atoms with Gasteiger partial charge in [-0.25, -0.2) is 0 Å². The molecule has 0 radical (unpaired) electrons. The second-order valence-corrected chi connectivity index (χ2v) is 5.76. The van der Waals surface area contributed by atoms with Crippen molar-refractivity contribution in [3.63, 3.8) is 0 Å². The van der Waals surface area contributed by atoms with Crippen LogP contribution in [0.15, 0.2) is 0 Å².